The predicted molar refractivity (Wildman–Crippen MR) is 105 cm³/mol. The van der Waals surface area contributed by atoms with E-state index in [2.05, 4.69) is 0 Å². The summed E-state index contributed by atoms with van der Waals surface area (Å²) in [5, 5.41) is 0.670. The highest BCUT2D eigenvalue weighted by atomic mass is 16.5. The third-order valence-electron chi connectivity index (χ3n) is 5.08. The Hall–Kier alpha value is -3.28. The molecule has 6 heteroatoms. The molecule has 1 fully saturated rings. The van der Waals surface area contributed by atoms with Gasteiger partial charge in [0.15, 0.2) is 6.61 Å². The number of carbonyl (C=O) groups excluding carboxylic acids is 1. The maximum atomic E-state index is 12.6. The second-order valence-electron chi connectivity index (χ2n) is 6.78. The van der Waals surface area contributed by atoms with Gasteiger partial charge in [0, 0.05) is 19.0 Å². The van der Waals surface area contributed by atoms with Crippen LogP contribution in [0.15, 0.2) is 63.8 Å². The van der Waals surface area contributed by atoms with Crippen molar-refractivity contribution in [3.05, 3.63) is 70.6 Å². The van der Waals surface area contributed by atoms with Crippen LogP contribution in [0.3, 0.4) is 0 Å². The summed E-state index contributed by atoms with van der Waals surface area (Å²) in [6, 6.07) is 16.3. The lowest BCUT2D eigenvalue weighted by atomic mass is 9.97. The zero-order valence-electron chi connectivity index (χ0n) is 15.6. The van der Waals surface area contributed by atoms with Gasteiger partial charge in [0.2, 0.25) is 0 Å². The van der Waals surface area contributed by atoms with Crippen LogP contribution in [0, 0.1) is 0 Å². The largest absolute Gasteiger partial charge is 0.496 e. The average Bonchev–Trinajstić information content (AvgIpc) is 3.21. The summed E-state index contributed by atoms with van der Waals surface area (Å²) in [5.41, 5.74) is 1.06. The highest BCUT2D eigenvalue weighted by Crippen LogP contribution is 2.33. The van der Waals surface area contributed by atoms with Crippen LogP contribution in [0.1, 0.15) is 17.9 Å². The lowest BCUT2D eigenvalue weighted by Crippen LogP contribution is -2.33. The fourth-order valence-corrected chi connectivity index (χ4v) is 3.68. The maximum absolute atomic E-state index is 12.6. The summed E-state index contributed by atoms with van der Waals surface area (Å²) in [6.45, 7) is 1.18. The molecule has 0 saturated carbocycles. The van der Waals surface area contributed by atoms with Crippen LogP contribution in [-0.4, -0.2) is 37.6 Å². The third-order valence-corrected chi connectivity index (χ3v) is 5.08. The quantitative estimate of drug-likeness (QED) is 0.637. The van der Waals surface area contributed by atoms with E-state index >= 15 is 0 Å². The molecular weight excluding hydrogens is 358 g/mol. The first-order chi connectivity index (χ1) is 13.7. The molecule has 1 aliphatic rings. The van der Waals surface area contributed by atoms with Gasteiger partial charge < -0.3 is 18.8 Å². The van der Waals surface area contributed by atoms with E-state index in [1.165, 1.54) is 6.07 Å². The predicted octanol–water partition coefficient (Wildman–Crippen LogP) is 3.20. The molecule has 1 amide bonds. The van der Waals surface area contributed by atoms with Crippen molar-refractivity contribution in [3.8, 4) is 11.5 Å². The summed E-state index contributed by atoms with van der Waals surface area (Å²) in [7, 11) is 1.66. The van der Waals surface area contributed by atoms with Gasteiger partial charge in [-0.3, -0.25) is 4.79 Å². The molecule has 0 spiro atoms. The molecule has 1 aromatic heterocycles. The number of para-hydroxylation sites is 2. The van der Waals surface area contributed by atoms with Crippen molar-refractivity contribution < 1.29 is 18.7 Å². The molecule has 0 bridgehead atoms. The van der Waals surface area contributed by atoms with Crippen molar-refractivity contribution in [1.82, 2.24) is 4.90 Å². The van der Waals surface area contributed by atoms with Crippen molar-refractivity contribution in [2.45, 2.75) is 12.3 Å². The van der Waals surface area contributed by atoms with E-state index in [4.69, 9.17) is 13.9 Å². The van der Waals surface area contributed by atoms with Gasteiger partial charge in [-0.15, -0.1) is 0 Å². The van der Waals surface area contributed by atoms with Crippen LogP contribution in [0.5, 0.6) is 11.5 Å². The lowest BCUT2D eigenvalue weighted by Gasteiger charge is -2.18. The Balaban J connectivity index is 1.44. The molecule has 3 aromatic rings. The van der Waals surface area contributed by atoms with E-state index in [1.54, 1.807) is 30.2 Å². The van der Waals surface area contributed by atoms with E-state index in [0.717, 1.165) is 17.7 Å². The van der Waals surface area contributed by atoms with Gasteiger partial charge in [-0.05, 0) is 30.2 Å². The number of nitrogens with zero attached hydrogens (tertiary/aromatic N) is 1. The topological polar surface area (TPSA) is 69.0 Å². The molecule has 0 N–H and O–H groups in total. The normalized spacial score (nSPS) is 16.3. The lowest BCUT2D eigenvalue weighted by molar-refractivity contribution is -0.132. The number of hydrogen-bond acceptors (Lipinski definition) is 5. The number of likely N-dealkylation sites (tertiary alicyclic amines) is 1. The number of methoxy groups -OCH3 is 1. The molecule has 2 heterocycles. The van der Waals surface area contributed by atoms with Gasteiger partial charge >= 0.3 is 5.63 Å². The van der Waals surface area contributed by atoms with Crippen molar-refractivity contribution in [2.24, 2.45) is 0 Å². The standard InChI is InChI=1S/C22H21NO5/c1-26-18-8-4-2-6-16(18)15-10-11-23(13-15)21(24)14-27-20-12-22(25)28-19-9-5-3-7-17(19)20/h2-9,12,15H,10-11,13-14H2,1H3/t15-/m1/s1. The molecule has 4 rings (SSSR count). The van der Waals surface area contributed by atoms with Crippen LogP contribution in [0.4, 0.5) is 0 Å². The number of amides is 1. The van der Waals surface area contributed by atoms with E-state index in [-0.39, 0.29) is 18.4 Å². The van der Waals surface area contributed by atoms with Gasteiger partial charge in [0.25, 0.3) is 5.91 Å². The molecule has 1 atom stereocenters. The molecule has 28 heavy (non-hydrogen) atoms. The van der Waals surface area contributed by atoms with E-state index in [1.807, 2.05) is 30.3 Å². The van der Waals surface area contributed by atoms with Gasteiger partial charge in [-0.1, -0.05) is 30.3 Å². The second kappa shape index (κ2) is 7.76. The Morgan fingerprint density at radius 2 is 1.93 bits per heavy atom. The van der Waals surface area contributed by atoms with Gasteiger partial charge in [-0.2, -0.15) is 0 Å². The van der Waals surface area contributed by atoms with Gasteiger partial charge in [-0.25, -0.2) is 4.79 Å². The van der Waals surface area contributed by atoms with E-state index in [9.17, 15) is 9.59 Å². The fraction of sp³-hybridized carbons (Fsp3) is 0.273. The van der Waals surface area contributed by atoms with Gasteiger partial charge in [0.1, 0.15) is 17.1 Å². The van der Waals surface area contributed by atoms with E-state index in [0.29, 0.717) is 29.8 Å². The van der Waals surface area contributed by atoms with Crippen molar-refractivity contribution in [2.75, 3.05) is 26.8 Å². The monoisotopic (exact) mass is 379 g/mol. The summed E-state index contributed by atoms with van der Waals surface area (Å²) < 4.78 is 16.3. The Labute approximate surface area is 162 Å². The second-order valence-corrected chi connectivity index (χ2v) is 6.78. The van der Waals surface area contributed by atoms with Crippen molar-refractivity contribution in [3.63, 3.8) is 0 Å². The van der Waals surface area contributed by atoms with E-state index < -0.39 is 5.63 Å². The van der Waals surface area contributed by atoms with Crippen molar-refractivity contribution in [1.29, 1.82) is 0 Å². The number of carbonyl (C=O) groups is 1. The summed E-state index contributed by atoms with van der Waals surface area (Å²) in [6.07, 6.45) is 0.879. The summed E-state index contributed by atoms with van der Waals surface area (Å²) >= 11 is 0. The molecule has 1 aliphatic heterocycles. The fourth-order valence-electron chi connectivity index (χ4n) is 3.68. The first-order valence-corrected chi connectivity index (χ1v) is 9.22. The SMILES string of the molecule is COc1ccccc1[C@@H]1CCN(C(=O)COc2cc(=O)oc3ccccc23)C1. The highest BCUT2D eigenvalue weighted by Gasteiger charge is 2.29. The Morgan fingerprint density at radius 1 is 1.14 bits per heavy atom. The van der Waals surface area contributed by atoms with Crippen LogP contribution in [0.25, 0.3) is 11.0 Å². The average molecular weight is 379 g/mol. The molecule has 1 saturated heterocycles. The maximum Gasteiger partial charge on any atom is 0.339 e. The van der Waals surface area contributed by atoms with Crippen molar-refractivity contribution >= 4 is 16.9 Å². The zero-order valence-corrected chi connectivity index (χ0v) is 15.6. The Bertz CT molecular complexity index is 1060. The third kappa shape index (κ3) is 3.58. The molecule has 0 unspecified atom stereocenters. The number of benzene rings is 2. The number of hydrogen-bond donors (Lipinski definition) is 0. The van der Waals surface area contributed by atoms with Crippen LogP contribution >= 0.6 is 0 Å². The summed E-state index contributed by atoms with van der Waals surface area (Å²) in [5.74, 6) is 1.35. The van der Waals surface area contributed by atoms with Crippen LogP contribution in [-0.2, 0) is 4.79 Å². The number of fused-ring (bicyclic) bond motifs is 1. The molecule has 2 aromatic carbocycles. The summed E-state index contributed by atoms with van der Waals surface area (Å²) in [4.78, 5) is 26.1. The number of ether oxygens (including phenoxy) is 2. The Morgan fingerprint density at radius 3 is 2.79 bits per heavy atom. The van der Waals surface area contributed by atoms with Gasteiger partial charge in [0.05, 0.1) is 18.6 Å². The minimum absolute atomic E-state index is 0.102. The molecular formula is C22H21NO5. The minimum atomic E-state index is -0.501. The Kier molecular flexibility index (Phi) is 5.02. The highest BCUT2D eigenvalue weighted by molar-refractivity contribution is 5.84. The molecule has 6 nitrogen and oxygen atoms in total. The molecule has 0 aliphatic carbocycles. The number of rotatable bonds is 5. The smallest absolute Gasteiger partial charge is 0.339 e. The van der Waals surface area contributed by atoms with Crippen LogP contribution < -0.4 is 15.1 Å². The minimum Gasteiger partial charge on any atom is -0.496 e. The first kappa shape index (κ1) is 18.1. The first-order valence-electron chi connectivity index (χ1n) is 9.22. The van der Waals surface area contributed by atoms with Crippen LogP contribution in [0.2, 0.25) is 0 Å². The molecule has 144 valence electrons. The zero-order chi connectivity index (χ0) is 19.5. The molecule has 0 radical (unpaired) electrons.